The van der Waals surface area contributed by atoms with Gasteiger partial charge in [-0.2, -0.15) is 0 Å². The number of allylic oxidation sites excluding steroid dienone is 1. The SMILES string of the molecule is CC(=O)CC=Cc1c[nH]c(C(=O)O)c1. The molecule has 0 radical (unpaired) electrons. The number of carboxylic acid groups (broad SMARTS) is 1. The highest BCUT2D eigenvalue weighted by Gasteiger charge is 2.03. The minimum absolute atomic E-state index is 0.0789. The van der Waals surface area contributed by atoms with Crippen molar-refractivity contribution >= 4 is 17.8 Å². The lowest BCUT2D eigenvalue weighted by Crippen LogP contribution is -1.94. The molecular weight excluding hydrogens is 182 g/mol. The van der Waals surface area contributed by atoms with Crippen molar-refractivity contribution in [1.29, 1.82) is 0 Å². The molecule has 74 valence electrons. The number of aromatic carboxylic acids is 1. The molecule has 0 amide bonds. The molecule has 1 aromatic heterocycles. The minimum atomic E-state index is -0.990. The van der Waals surface area contributed by atoms with Crippen LogP contribution in [0.2, 0.25) is 0 Å². The van der Waals surface area contributed by atoms with Crippen LogP contribution >= 0.6 is 0 Å². The normalized spacial score (nSPS) is 10.6. The molecule has 1 heterocycles. The third-order valence-electron chi connectivity index (χ3n) is 1.65. The van der Waals surface area contributed by atoms with Crippen molar-refractivity contribution in [2.75, 3.05) is 0 Å². The van der Waals surface area contributed by atoms with E-state index in [1.807, 2.05) is 0 Å². The molecule has 0 atom stereocenters. The van der Waals surface area contributed by atoms with E-state index >= 15 is 0 Å². The van der Waals surface area contributed by atoms with Crippen molar-refractivity contribution in [3.8, 4) is 0 Å². The van der Waals surface area contributed by atoms with Gasteiger partial charge in [-0.25, -0.2) is 4.79 Å². The third-order valence-corrected chi connectivity index (χ3v) is 1.65. The monoisotopic (exact) mass is 193 g/mol. The van der Waals surface area contributed by atoms with Crippen LogP contribution in [-0.4, -0.2) is 21.8 Å². The van der Waals surface area contributed by atoms with Crippen LogP contribution in [0.15, 0.2) is 18.3 Å². The molecule has 0 saturated carbocycles. The van der Waals surface area contributed by atoms with Gasteiger partial charge in [-0.3, -0.25) is 4.79 Å². The van der Waals surface area contributed by atoms with Crippen molar-refractivity contribution in [1.82, 2.24) is 4.98 Å². The zero-order valence-electron chi connectivity index (χ0n) is 7.78. The molecule has 14 heavy (non-hydrogen) atoms. The summed E-state index contributed by atoms with van der Waals surface area (Å²) in [4.78, 5) is 23.7. The molecule has 4 heteroatoms. The first-order valence-electron chi connectivity index (χ1n) is 4.17. The Labute approximate surface area is 81.3 Å². The number of ketones is 1. The number of Topliss-reactive ketones (excluding diaryl/α,β-unsaturated/α-hetero) is 1. The van der Waals surface area contributed by atoms with Gasteiger partial charge in [0.2, 0.25) is 0 Å². The second-order valence-corrected chi connectivity index (χ2v) is 2.96. The molecule has 0 spiro atoms. The fourth-order valence-corrected chi connectivity index (χ4v) is 0.992. The number of carbonyl (C=O) groups is 2. The Morgan fingerprint density at radius 3 is 2.79 bits per heavy atom. The predicted octanol–water partition coefficient (Wildman–Crippen LogP) is 1.71. The number of aromatic amines is 1. The van der Waals surface area contributed by atoms with Gasteiger partial charge >= 0.3 is 5.97 Å². The number of H-pyrrole nitrogens is 1. The van der Waals surface area contributed by atoms with E-state index in [-0.39, 0.29) is 11.5 Å². The molecule has 2 N–H and O–H groups in total. The highest BCUT2D eigenvalue weighted by molar-refractivity contribution is 5.86. The van der Waals surface area contributed by atoms with Crippen molar-refractivity contribution in [3.63, 3.8) is 0 Å². The van der Waals surface area contributed by atoms with E-state index in [0.717, 1.165) is 5.56 Å². The van der Waals surface area contributed by atoms with E-state index in [0.29, 0.717) is 6.42 Å². The van der Waals surface area contributed by atoms with E-state index in [1.54, 1.807) is 18.3 Å². The molecule has 0 unspecified atom stereocenters. The molecule has 1 aromatic rings. The smallest absolute Gasteiger partial charge is 0.352 e. The summed E-state index contributed by atoms with van der Waals surface area (Å²) < 4.78 is 0. The van der Waals surface area contributed by atoms with Crippen LogP contribution in [0.5, 0.6) is 0 Å². The maximum atomic E-state index is 10.6. The van der Waals surface area contributed by atoms with E-state index in [4.69, 9.17) is 5.11 Å². The second-order valence-electron chi connectivity index (χ2n) is 2.96. The first-order chi connectivity index (χ1) is 6.59. The Kier molecular flexibility index (Phi) is 3.23. The van der Waals surface area contributed by atoms with E-state index < -0.39 is 5.97 Å². The van der Waals surface area contributed by atoms with Gasteiger partial charge < -0.3 is 10.1 Å². The van der Waals surface area contributed by atoms with Gasteiger partial charge in [0.05, 0.1) is 0 Å². The lowest BCUT2D eigenvalue weighted by Gasteiger charge is -1.84. The van der Waals surface area contributed by atoms with Gasteiger partial charge in [0.25, 0.3) is 0 Å². The molecule has 0 aromatic carbocycles. The molecular formula is C10H11NO3. The average molecular weight is 193 g/mol. The van der Waals surface area contributed by atoms with Gasteiger partial charge in [0, 0.05) is 12.6 Å². The Bertz CT molecular complexity index is 376. The fourth-order valence-electron chi connectivity index (χ4n) is 0.992. The second kappa shape index (κ2) is 4.41. The summed E-state index contributed by atoms with van der Waals surface area (Å²) in [6, 6.07) is 1.51. The minimum Gasteiger partial charge on any atom is -0.477 e. The zero-order valence-corrected chi connectivity index (χ0v) is 7.78. The maximum absolute atomic E-state index is 10.6. The summed E-state index contributed by atoms with van der Waals surface area (Å²) in [5.74, 6) is -0.911. The van der Waals surface area contributed by atoms with Crippen LogP contribution in [0, 0.1) is 0 Å². The van der Waals surface area contributed by atoms with Crippen molar-refractivity contribution < 1.29 is 14.7 Å². The first kappa shape index (κ1) is 10.2. The van der Waals surface area contributed by atoms with Crippen molar-refractivity contribution in [2.45, 2.75) is 13.3 Å². The van der Waals surface area contributed by atoms with Crippen LogP contribution in [0.25, 0.3) is 6.08 Å². The van der Waals surface area contributed by atoms with Crippen LogP contribution in [0.3, 0.4) is 0 Å². The zero-order chi connectivity index (χ0) is 10.6. The molecule has 0 aliphatic heterocycles. The largest absolute Gasteiger partial charge is 0.477 e. The van der Waals surface area contributed by atoms with E-state index in [9.17, 15) is 9.59 Å². The summed E-state index contributed by atoms with van der Waals surface area (Å²) in [7, 11) is 0. The Morgan fingerprint density at radius 1 is 1.57 bits per heavy atom. The highest BCUT2D eigenvalue weighted by atomic mass is 16.4. The van der Waals surface area contributed by atoms with Crippen LogP contribution < -0.4 is 0 Å². The average Bonchev–Trinajstić information content (AvgIpc) is 2.52. The molecule has 0 bridgehead atoms. The number of carbonyl (C=O) groups excluding carboxylic acids is 1. The lowest BCUT2D eigenvalue weighted by molar-refractivity contribution is -0.116. The summed E-state index contributed by atoms with van der Waals surface area (Å²) >= 11 is 0. The number of aromatic nitrogens is 1. The van der Waals surface area contributed by atoms with Gasteiger partial charge in [-0.1, -0.05) is 12.2 Å². The fraction of sp³-hybridized carbons (Fsp3) is 0.200. The van der Waals surface area contributed by atoms with Gasteiger partial charge in [0.15, 0.2) is 0 Å². The Morgan fingerprint density at radius 2 is 2.29 bits per heavy atom. The van der Waals surface area contributed by atoms with Crippen LogP contribution in [0.4, 0.5) is 0 Å². The molecule has 0 fully saturated rings. The molecule has 0 aliphatic rings. The first-order valence-corrected chi connectivity index (χ1v) is 4.17. The number of nitrogens with one attached hydrogen (secondary N) is 1. The molecule has 0 saturated heterocycles. The van der Waals surface area contributed by atoms with Crippen LogP contribution in [-0.2, 0) is 4.79 Å². The van der Waals surface area contributed by atoms with Gasteiger partial charge in [-0.05, 0) is 18.6 Å². The Hall–Kier alpha value is -1.84. The topological polar surface area (TPSA) is 70.2 Å². The summed E-state index contributed by atoms with van der Waals surface area (Å²) in [6.45, 7) is 1.50. The number of rotatable bonds is 4. The predicted molar refractivity (Wildman–Crippen MR) is 52.1 cm³/mol. The van der Waals surface area contributed by atoms with Gasteiger partial charge in [-0.15, -0.1) is 0 Å². The van der Waals surface area contributed by atoms with Crippen molar-refractivity contribution in [2.24, 2.45) is 0 Å². The van der Waals surface area contributed by atoms with Crippen molar-refractivity contribution in [3.05, 3.63) is 29.6 Å². The van der Waals surface area contributed by atoms with Crippen LogP contribution in [0.1, 0.15) is 29.4 Å². The quantitative estimate of drug-likeness (QED) is 0.764. The lowest BCUT2D eigenvalue weighted by atomic mass is 10.2. The van der Waals surface area contributed by atoms with E-state index in [1.165, 1.54) is 13.0 Å². The Balaban J connectivity index is 2.64. The third kappa shape index (κ3) is 2.90. The standard InChI is InChI=1S/C10H11NO3/c1-7(12)3-2-4-8-5-9(10(13)14)11-6-8/h2,4-6,11H,3H2,1H3,(H,13,14). The summed E-state index contributed by atoms with van der Waals surface area (Å²) in [5.41, 5.74) is 0.899. The highest BCUT2D eigenvalue weighted by Crippen LogP contribution is 2.06. The summed E-state index contributed by atoms with van der Waals surface area (Å²) in [6.07, 6.45) is 5.37. The van der Waals surface area contributed by atoms with E-state index in [2.05, 4.69) is 4.98 Å². The molecule has 0 aliphatic carbocycles. The number of hydrogen-bond acceptors (Lipinski definition) is 2. The molecule has 1 rings (SSSR count). The number of carboxylic acids is 1. The summed E-state index contributed by atoms with van der Waals surface area (Å²) in [5, 5.41) is 8.60. The van der Waals surface area contributed by atoms with Gasteiger partial charge in [0.1, 0.15) is 11.5 Å². The number of hydrogen-bond donors (Lipinski definition) is 2. The molecule has 4 nitrogen and oxygen atoms in total. The maximum Gasteiger partial charge on any atom is 0.352 e.